The molecule has 1 heterocycles. The highest BCUT2D eigenvalue weighted by molar-refractivity contribution is 7.09. The number of benzene rings is 1. The molecule has 0 bridgehead atoms. The van der Waals surface area contributed by atoms with E-state index in [4.69, 9.17) is 4.74 Å². The van der Waals surface area contributed by atoms with Gasteiger partial charge in [-0.2, -0.15) is 0 Å². The number of aromatic nitrogens is 1. The van der Waals surface area contributed by atoms with Crippen LogP contribution in [0.25, 0.3) is 0 Å². The number of rotatable bonds is 8. The van der Waals surface area contributed by atoms with Crippen LogP contribution in [0.2, 0.25) is 0 Å². The van der Waals surface area contributed by atoms with E-state index in [1.54, 1.807) is 11.3 Å². The van der Waals surface area contributed by atoms with E-state index >= 15 is 0 Å². The molecule has 0 amide bonds. The fraction of sp³-hybridized carbons (Fsp3) is 0.500. The normalized spacial score (nSPS) is 12.8. The van der Waals surface area contributed by atoms with Crippen molar-refractivity contribution >= 4 is 11.3 Å². The molecule has 5 heteroatoms. The topological polar surface area (TPSA) is 45.6 Å². The van der Waals surface area contributed by atoms with Gasteiger partial charge in [0.15, 0.2) is 0 Å². The van der Waals surface area contributed by atoms with Crippen molar-refractivity contribution in [2.75, 3.05) is 20.2 Å². The number of likely N-dealkylation sites (N-methyl/N-ethyl adjacent to an activating group) is 1. The lowest BCUT2D eigenvalue weighted by atomic mass is 10.0. The standard InChI is InChI=1S/C18H26N2O2S/c1-13(2)16-7-5-6-8-17(16)22-11-15(21)9-20(4)10-18-19-14(3)12-23-18/h5-8,12-13,15,21H,9-11H2,1-4H3. The summed E-state index contributed by atoms with van der Waals surface area (Å²) in [4.78, 5) is 6.52. The second kappa shape index (κ2) is 8.43. The van der Waals surface area contributed by atoms with Gasteiger partial charge in [-0.25, -0.2) is 4.98 Å². The van der Waals surface area contributed by atoms with E-state index in [0.29, 0.717) is 19.1 Å². The third-order valence-electron chi connectivity index (χ3n) is 3.57. The first kappa shape index (κ1) is 17.9. The number of hydrogen-bond donors (Lipinski definition) is 1. The van der Waals surface area contributed by atoms with E-state index in [9.17, 15) is 5.11 Å². The Morgan fingerprint density at radius 3 is 2.70 bits per heavy atom. The smallest absolute Gasteiger partial charge is 0.122 e. The summed E-state index contributed by atoms with van der Waals surface area (Å²) in [5, 5.41) is 13.3. The summed E-state index contributed by atoms with van der Waals surface area (Å²) in [5.74, 6) is 1.26. The summed E-state index contributed by atoms with van der Waals surface area (Å²) in [7, 11) is 1.99. The molecule has 0 saturated carbocycles. The Hall–Kier alpha value is -1.43. The Bertz CT molecular complexity index is 613. The van der Waals surface area contributed by atoms with Gasteiger partial charge >= 0.3 is 0 Å². The number of nitrogens with zero attached hydrogens (tertiary/aromatic N) is 2. The van der Waals surface area contributed by atoms with Crippen LogP contribution in [0.4, 0.5) is 0 Å². The van der Waals surface area contributed by atoms with E-state index in [1.807, 2.05) is 37.6 Å². The molecule has 2 aromatic rings. The van der Waals surface area contributed by atoms with Crippen LogP contribution in [0.15, 0.2) is 29.6 Å². The van der Waals surface area contributed by atoms with E-state index in [0.717, 1.165) is 23.0 Å². The largest absolute Gasteiger partial charge is 0.491 e. The van der Waals surface area contributed by atoms with Crippen molar-refractivity contribution < 1.29 is 9.84 Å². The third-order valence-corrected chi connectivity index (χ3v) is 4.52. The molecular weight excluding hydrogens is 308 g/mol. The van der Waals surface area contributed by atoms with Gasteiger partial charge in [-0.1, -0.05) is 32.0 Å². The van der Waals surface area contributed by atoms with Gasteiger partial charge < -0.3 is 9.84 Å². The van der Waals surface area contributed by atoms with Crippen LogP contribution in [0.5, 0.6) is 5.75 Å². The second-order valence-electron chi connectivity index (χ2n) is 6.24. The summed E-state index contributed by atoms with van der Waals surface area (Å²) in [5.41, 5.74) is 2.22. The highest BCUT2D eigenvalue weighted by atomic mass is 32.1. The van der Waals surface area contributed by atoms with Crippen molar-refractivity contribution in [3.63, 3.8) is 0 Å². The summed E-state index contributed by atoms with van der Waals surface area (Å²) >= 11 is 1.65. The maximum atomic E-state index is 10.2. The molecule has 0 aliphatic heterocycles. The average Bonchev–Trinajstić information content (AvgIpc) is 2.90. The molecule has 1 atom stereocenters. The molecule has 0 aliphatic carbocycles. The molecule has 0 aliphatic rings. The quantitative estimate of drug-likeness (QED) is 0.803. The first-order valence-electron chi connectivity index (χ1n) is 7.95. The number of aliphatic hydroxyl groups excluding tert-OH is 1. The van der Waals surface area contributed by atoms with Gasteiger partial charge in [0.1, 0.15) is 23.5 Å². The van der Waals surface area contributed by atoms with Crippen LogP contribution >= 0.6 is 11.3 Å². The van der Waals surface area contributed by atoms with E-state index in [1.165, 1.54) is 5.56 Å². The minimum absolute atomic E-state index is 0.297. The van der Waals surface area contributed by atoms with E-state index < -0.39 is 6.10 Å². The molecule has 0 saturated heterocycles. The minimum Gasteiger partial charge on any atom is -0.491 e. The average molecular weight is 334 g/mol. The van der Waals surface area contributed by atoms with Gasteiger partial charge in [-0.15, -0.1) is 11.3 Å². The summed E-state index contributed by atoms with van der Waals surface area (Å²) in [6, 6.07) is 8.01. The van der Waals surface area contributed by atoms with Gasteiger partial charge in [0, 0.05) is 17.6 Å². The number of para-hydroxylation sites is 1. The van der Waals surface area contributed by atoms with Crippen LogP contribution in [-0.4, -0.2) is 41.3 Å². The lowest BCUT2D eigenvalue weighted by Crippen LogP contribution is -2.32. The zero-order chi connectivity index (χ0) is 16.8. The molecule has 1 aromatic heterocycles. The molecule has 0 radical (unpaired) electrons. The number of aliphatic hydroxyl groups is 1. The van der Waals surface area contributed by atoms with Crippen LogP contribution in [0, 0.1) is 6.92 Å². The zero-order valence-corrected chi connectivity index (χ0v) is 15.1. The Balaban J connectivity index is 1.82. The molecule has 2 rings (SSSR count). The summed E-state index contributed by atoms with van der Waals surface area (Å²) in [6.07, 6.45) is -0.527. The number of aryl methyl sites for hydroxylation is 1. The molecule has 4 nitrogen and oxygen atoms in total. The predicted molar refractivity (Wildman–Crippen MR) is 95.2 cm³/mol. The molecule has 1 aromatic carbocycles. The van der Waals surface area contributed by atoms with Crippen molar-refractivity contribution in [2.24, 2.45) is 0 Å². The SMILES string of the molecule is Cc1csc(CN(C)CC(O)COc2ccccc2C(C)C)n1. The van der Waals surface area contributed by atoms with Crippen LogP contribution in [0.3, 0.4) is 0 Å². The predicted octanol–water partition coefficient (Wildman–Crippen LogP) is 3.45. The fourth-order valence-corrected chi connectivity index (χ4v) is 3.31. The number of hydrogen-bond acceptors (Lipinski definition) is 5. The first-order valence-corrected chi connectivity index (χ1v) is 8.83. The lowest BCUT2D eigenvalue weighted by Gasteiger charge is -2.21. The van der Waals surface area contributed by atoms with Gasteiger partial charge in [0.25, 0.3) is 0 Å². The zero-order valence-electron chi connectivity index (χ0n) is 14.3. The maximum absolute atomic E-state index is 10.2. The van der Waals surface area contributed by atoms with Crippen LogP contribution in [-0.2, 0) is 6.54 Å². The highest BCUT2D eigenvalue weighted by Gasteiger charge is 2.13. The number of thiazole rings is 1. The number of ether oxygens (including phenoxy) is 1. The van der Waals surface area contributed by atoms with Gasteiger partial charge in [0.2, 0.25) is 0 Å². The van der Waals surface area contributed by atoms with Crippen LogP contribution < -0.4 is 4.74 Å². The van der Waals surface area contributed by atoms with Crippen molar-refractivity contribution in [1.29, 1.82) is 0 Å². The van der Waals surface area contributed by atoms with Crippen molar-refractivity contribution in [2.45, 2.75) is 39.3 Å². The highest BCUT2D eigenvalue weighted by Crippen LogP contribution is 2.25. The monoisotopic (exact) mass is 334 g/mol. The fourth-order valence-electron chi connectivity index (χ4n) is 2.46. The van der Waals surface area contributed by atoms with E-state index in [2.05, 4.69) is 29.8 Å². The molecule has 126 valence electrons. The molecular formula is C18H26N2O2S. The molecule has 1 N–H and O–H groups in total. The molecule has 0 spiro atoms. The Labute approximate surface area is 142 Å². The first-order chi connectivity index (χ1) is 11.0. The lowest BCUT2D eigenvalue weighted by molar-refractivity contribution is 0.0739. The maximum Gasteiger partial charge on any atom is 0.122 e. The Morgan fingerprint density at radius 2 is 2.04 bits per heavy atom. The van der Waals surface area contributed by atoms with Crippen molar-refractivity contribution in [3.8, 4) is 5.75 Å². The van der Waals surface area contributed by atoms with Crippen molar-refractivity contribution in [3.05, 3.63) is 45.9 Å². The second-order valence-corrected chi connectivity index (χ2v) is 7.18. The molecule has 0 fully saturated rings. The van der Waals surface area contributed by atoms with Crippen molar-refractivity contribution in [1.82, 2.24) is 9.88 Å². The minimum atomic E-state index is -0.527. The Morgan fingerprint density at radius 1 is 1.30 bits per heavy atom. The van der Waals surface area contributed by atoms with Crippen LogP contribution in [0.1, 0.15) is 36.0 Å². The van der Waals surface area contributed by atoms with E-state index in [-0.39, 0.29) is 0 Å². The third kappa shape index (κ3) is 5.61. The Kier molecular flexibility index (Phi) is 6.57. The van der Waals surface area contributed by atoms with Gasteiger partial charge in [0.05, 0.1) is 6.54 Å². The van der Waals surface area contributed by atoms with Gasteiger partial charge in [-0.3, -0.25) is 4.90 Å². The summed E-state index contributed by atoms with van der Waals surface area (Å²) in [6.45, 7) is 7.88. The molecule has 1 unspecified atom stereocenters. The summed E-state index contributed by atoms with van der Waals surface area (Å²) < 4.78 is 5.83. The van der Waals surface area contributed by atoms with Gasteiger partial charge in [-0.05, 0) is 31.5 Å². The molecule has 23 heavy (non-hydrogen) atoms.